The Morgan fingerprint density at radius 1 is 1.40 bits per heavy atom. The summed E-state index contributed by atoms with van der Waals surface area (Å²) in [6.45, 7) is 4.85. The van der Waals surface area contributed by atoms with Crippen LogP contribution in [-0.4, -0.2) is 22.7 Å². The van der Waals surface area contributed by atoms with Crippen molar-refractivity contribution in [3.63, 3.8) is 0 Å². The third kappa shape index (κ3) is 2.58. The summed E-state index contributed by atoms with van der Waals surface area (Å²) in [6.07, 6.45) is 1.98. The van der Waals surface area contributed by atoms with Crippen LogP contribution in [0.25, 0.3) is 11.4 Å². The van der Waals surface area contributed by atoms with E-state index in [0.29, 0.717) is 34.8 Å². The maximum Gasteiger partial charge on any atom is 0.230 e. The van der Waals surface area contributed by atoms with E-state index in [1.54, 1.807) is 13.0 Å². The number of hydrogen-bond acceptors (Lipinski definition) is 4. The second kappa shape index (κ2) is 5.32. The summed E-state index contributed by atoms with van der Waals surface area (Å²) in [5.41, 5.74) is 1.27. The van der Waals surface area contributed by atoms with Crippen LogP contribution in [0.1, 0.15) is 37.1 Å². The van der Waals surface area contributed by atoms with Gasteiger partial charge in [0.05, 0.1) is 0 Å². The number of benzene rings is 1. The molecule has 2 atom stereocenters. The van der Waals surface area contributed by atoms with Crippen molar-refractivity contribution in [2.24, 2.45) is 0 Å². The van der Waals surface area contributed by atoms with Gasteiger partial charge in [-0.25, -0.2) is 4.39 Å². The predicted octanol–water partition coefficient (Wildman–Crippen LogP) is 3.04. The Morgan fingerprint density at radius 2 is 2.25 bits per heavy atom. The van der Waals surface area contributed by atoms with Crippen molar-refractivity contribution >= 4 is 0 Å². The molecule has 4 nitrogen and oxygen atoms in total. The lowest BCUT2D eigenvalue weighted by Crippen LogP contribution is -2.34. The van der Waals surface area contributed by atoms with E-state index in [9.17, 15) is 4.39 Å². The predicted molar refractivity (Wildman–Crippen MR) is 73.9 cm³/mol. The Labute approximate surface area is 117 Å². The summed E-state index contributed by atoms with van der Waals surface area (Å²) >= 11 is 0. The van der Waals surface area contributed by atoms with E-state index in [1.807, 2.05) is 6.07 Å². The maximum atomic E-state index is 13.6. The number of rotatable bonds is 2. The molecule has 1 aromatic carbocycles. The summed E-state index contributed by atoms with van der Waals surface area (Å²) in [6, 6.07) is 5.46. The van der Waals surface area contributed by atoms with E-state index < -0.39 is 0 Å². The lowest BCUT2D eigenvalue weighted by Gasteiger charge is -2.25. The average molecular weight is 275 g/mol. The Bertz CT molecular complexity index is 611. The third-order valence-electron chi connectivity index (χ3n) is 3.84. The van der Waals surface area contributed by atoms with E-state index in [4.69, 9.17) is 4.52 Å². The van der Waals surface area contributed by atoms with E-state index in [2.05, 4.69) is 22.4 Å². The monoisotopic (exact) mass is 275 g/mol. The molecule has 1 aliphatic rings. The number of nitrogens with one attached hydrogen (secondary N) is 1. The summed E-state index contributed by atoms with van der Waals surface area (Å²) in [4.78, 5) is 4.44. The molecule has 1 aromatic heterocycles. The van der Waals surface area contributed by atoms with Gasteiger partial charge in [0.1, 0.15) is 5.82 Å². The van der Waals surface area contributed by atoms with Crippen LogP contribution in [0.15, 0.2) is 22.7 Å². The largest absolute Gasteiger partial charge is 0.339 e. The standard InChI is InChI=1S/C15H18FN3O/c1-9-3-4-11(8-13(9)16)14-18-15(20-19-14)12-5-6-17-10(2)7-12/h3-4,8,10,12,17H,5-7H2,1-2H3. The third-order valence-corrected chi connectivity index (χ3v) is 3.84. The Kier molecular flexibility index (Phi) is 3.53. The van der Waals surface area contributed by atoms with Crippen LogP contribution in [-0.2, 0) is 0 Å². The van der Waals surface area contributed by atoms with Gasteiger partial charge in [0.25, 0.3) is 0 Å². The van der Waals surface area contributed by atoms with Gasteiger partial charge in [0.15, 0.2) is 0 Å². The molecule has 1 saturated heterocycles. The topological polar surface area (TPSA) is 51.0 Å². The second-order valence-electron chi connectivity index (χ2n) is 5.50. The molecule has 0 bridgehead atoms. The Balaban J connectivity index is 1.84. The quantitative estimate of drug-likeness (QED) is 0.915. The van der Waals surface area contributed by atoms with Crippen molar-refractivity contribution < 1.29 is 8.91 Å². The lowest BCUT2D eigenvalue weighted by molar-refractivity contribution is 0.295. The first-order valence-electron chi connectivity index (χ1n) is 6.97. The lowest BCUT2D eigenvalue weighted by atomic mass is 9.93. The van der Waals surface area contributed by atoms with Crippen LogP contribution in [0, 0.1) is 12.7 Å². The molecule has 0 spiro atoms. The van der Waals surface area contributed by atoms with Gasteiger partial charge in [0.2, 0.25) is 11.7 Å². The van der Waals surface area contributed by atoms with E-state index in [0.717, 1.165) is 19.4 Å². The molecule has 1 aliphatic heterocycles. The molecule has 2 unspecified atom stereocenters. The van der Waals surface area contributed by atoms with Crippen LogP contribution < -0.4 is 5.32 Å². The smallest absolute Gasteiger partial charge is 0.230 e. The molecule has 0 amide bonds. The normalized spacial score (nSPS) is 22.9. The summed E-state index contributed by atoms with van der Waals surface area (Å²) in [5.74, 6) is 1.17. The molecule has 0 aliphatic carbocycles. The first-order valence-corrected chi connectivity index (χ1v) is 6.97. The molecule has 1 fully saturated rings. The van der Waals surface area contributed by atoms with Gasteiger partial charge in [-0.05, 0) is 44.9 Å². The van der Waals surface area contributed by atoms with Crippen molar-refractivity contribution in [3.8, 4) is 11.4 Å². The zero-order valence-corrected chi connectivity index (χ0v) is 11.7. The molecule has 3 rings (SSSR count). The van der Waals surface area contributed by atoms with Crippen LogP contribution in [0.3, 0.4) is 0 Å². The highest BCUT2D eigenvalue weighted by atomic mass is 19.1. The number of nitrogens with zero attached hydrogens (tertiary/aromatic N) is 2. The maximum absolute atomic E-state index is 13.6. The van der Waals surface area contributed by atoms with Gasteiger partial charge >= 0.3 is 0 Å². The fourth-order valence-electron chi connectivity index (χ4n) is 2.61. The fraction of sp³-hybridized carbons (Fsp3) is 0.467. The summed E-state index contributed by atoms with van der Waals surface area (Å²) < 4.78 is 18.9. The Morgan fingerprint density at radius 3 is 3.00 bits per heavy atom. The molecule has 2 heterocycles. The van der Waals surface area contributed by atoms with Crippen molar-refractivity contribution in [2.75, 3.05) is 6.54 Å². The van der Waals surface area contributed by atoms with Crippen LogP contribution in [0.4, 0.5) is 4.39 Å². The zero-order chi connectivity index (χ0) is 14.1. The van der Waals surface area contributed by atoms with Crippen molar-refractivity contribution in [1.29, 1.82) is 0 Å². The number of halogens is 1. The van der Waals surface area contributed by atoms with E-state index in [1.165, 1.54) is 6.07 Å². The number of piperidine rings is 1. The highest BCUT2D eigenvalue weighted by Gasteiger charge is 2.25. The summed E-state index contributed by atoms with van der Waals surface area (Å²) in [5, 5.41) is 7.38. The summed E-state index contributed by atoms with van der Waals surface area (Å²) in [7, 11) is 0. The highest BCUT2D eigenvalue weighted by molar-refractivity contribution is 5.55. The molecule has 2 aromatic rings. The highest BCUT2D eigenvalue weighted by Crippen LogP contribution is 2.28. The van der Waals surface area contributed by atoms with Crippen molar-refractivity contribution in [1.82, 2.24) is 15.5 Å². The van der Waals surface area contributed by atoms with Gasteiger partial charge in [-0.2, -0.15) is 4.98 Å². The molecule has 20 heavy (non-hydrogen) atoms. The van der Waals surface area contributed by atoms with E-state index >= 15 is 0 Å². The van der Waals surface area contributed by atoms with Gasteiger partial charge in [-0.1, -0.05) is 17.3 Å². The number of aryl methyl sites for hydroxylation is 1. The Hall–Kier alpha value is -1.75. The average Bonchev–Trinajstić information content (AvgIpc) is 2.92. The minimum Gasteiger partial charge on any atom is -0.339 e. The number of hydrogen-bond donors (Lipinski definition) is 1. The van der Waals surface area contributed by atoms with Gasteiger partial charge in [0, 0.05) is 17.5 Å². The fourth-order valence-corrected chi connectivity index (χ4v) is 2.61. The minimum absolute atomic E-state index is 0.246. The molecule has 0 radical (unpaired) electrons. The molecule has 1 N–H and O–H groups in total. The minimum atomic E-state index is -0.246. The van der Waals surface area contributed by atoms with Gasteiger partial charge < -0.3 is 9.84 Å². The van der Waals surface area contributed by atoms with Crippen LogP contribution in [0.5, 0.6) is 0 Å². The molecular weight excluding hydrogens is 257 g/mol. The number of aromatic nitrogens is 2. The van der Waals surface area contributed by atoms with Crippen LogP contribution >= 0.6 is 0 Å². The zero-order valence-electron chi connectivity index (χ0n) is 11.7. The first-order chi connectivity index (χ1) is 9.63. The van der Waals surface area contributed by atoms with Crippen molar-refractivity contribution in [3.05, 3.63) is 35.5 Å². The molecule has 106 valence electrons. The molecule has 5 heteroatoms. The van der Waals surface area contributed by atoms with Gasteiger partial charge in [-0.15, -0.1) is 0 Å². The SMILES string of the molecule is Cc1ccc(-c2noc(C3CCNC(C)C3)n2)cc1F. The molecule has 0 saturated carbocycles. The first kappa shape index (κ1) is 13.2. The van der Waals surface area contributed by atoms with Crippen molar-refractivity contribution in [2.45, 2.75) is 38.6 Å². The molecular formula is C15H18FN3O. The van der Waals surface area contributed by atoms with E-state index in [-0.39, 0.29) is 5.82 Å². The van der Waals surface area contributed by atoms with Gasteiger partial charge in [-0.3, -0.25) is 0 Å². The van der Waals surface area contributed by atoms with Crippen LogP contribution in [0.2, 0.25) is 0 Å². The second-order valence-corrected chi connectivity index (χ2v) is 5.50.